The zero-order chi connectivity index (χ0) is 25.2. The summed E-state index contributed by atoms with van der Waals surface area (Å²) >= 11 is 5.50. The van der Waals surface area contributed by atoms with E-state index in [1.165, 1.54) is 6.33 Å². The third-order valence-electron chi connectivity index (χ3n) is 5.48. The van der Waals surface area contributed by atoms with Gasteiger partial charge in [0.25, 0.3) is 0 Å². The van der Waals surface area contributed by atoms with Crippen LogP contribution in [-0.4, -0.2) is 80.1 Å². The van der Waals surface area contributed by atoms with Gasteiger partial charge in [-0.05, 0) is 62.8 Å². The Balaban J connectivity index is 1.38. The van der Waals surface area contributed by atoms with Gasteiger partial charge in [-0.25, -0.2) is 19.6 Å². The molecular weight excluding hydrogens is 476 g/mol. The number of nitrogens with one attached hydrogen (secondary N) is 3. The minimum atomic E-state index is 0.388. The van der Waals surface area contributed by atoms with Crippen molar-refractivity contribution in [3.8, 4) is 0 Å². The molecule has 3 aromatic rings. The largest absolute Gasteiger partial charge is 0.379 e. The topological polar surface area (TPSA) is 117 Å². The van der Waals surface area contributed by atoms with Crippen molar-refractivity contribution < 1.29 is 4.74 Å². The van der Waals surface area contributed by atoms with E-state index in [-0.39, 0.29) is 0 Å². The van der Waals surface area contributed by atoms with Crippen LogP contribution in [0.15, 0.2) is 48.0 Å². The Morgan fingerprint density at radius 3 is 2.53 bits per heavy atom. The number of aryl methyl sites for hydroxylation is 2. The number of nitrogens with zero attached hydrogens (tertiary/aromatic N) is 7. The van der Waals surface area contributed by atoms with Gasteiger partial charge in [-0.15, -0.1) is 0 Å². The second kappa shape index (κ2) is 13.0. The van der Waals surface area contributed by atoms with E-state index in [4.69, 9.17) is 17.0 Å². The molecule has 11 nitrogen and oxygen atoms in total. The maximum absolute atomic E-state index is 5.50. The number of aliphatic imine (C=N–C) groups is 1. The molecule has 36 heavy (non-hydrogen) atoms. The molecule has 1 aromatic carbocycles. The van der Waals surface area contributed by atoms with Gasteiger partial charge in [-0.3, -0.25) is 10.2 Å². The zero-order valence-electron chi connectivity index (χ0n) is 20.6. The Bertz CT molecular complexity index is 1120. The minimum Gasteiger partial charge on any atom is -0.379 e. The van der Waals surface area contributed by atoms with Crippen LogP contribution in [0.1, 0.15) is 23.4 Å². The highest BCUT2D eigenvalue weighted by Crippen LogP contribution is 2.12. The molecule has 0 radical (unpaired) electrons. The van der Waals surface area contributed by atoms with E-state index in [9.17, 15) is 0 Å². The third kappa shape index (κ3) is 8.33. The van der Waals surface area contributed by atoms with E-state index in [2.05, 4.69) is 45.9 Å². The number of hydrogen-bond donors (Lipinski definition) is 3. The summed E-state index contributed by atoms with van der Waals surface area (Å²) in [6.45, 7) is 9.82. The predicted octanol–water partition coefficient (Wildman–Crippen LogP) is 2.21. The Kier molecular flexibility index (Phi) is 9.25. The highest BCUT2D eigenvalue weighted by atomic mass is 32.1. The van der Waals surface area contributed by atoms with Crippen molar-refractivity contribution >= 4 is 34.9 Å². The Morgan fingerprint density at radius 1 is 1.08 bits per heavy atom. The molecule has 0 atom stereocenters. The van der Waals surface area contributed by atoms with Gasteiger partial charge in [-0.2, -0.15) is 10.1 Å². The molecule has 0 bridgehead atoms. The van der Waals surface area contributed by atoms with Crippen molar-refractivity contribution in [2.24, 2.45) is 4.99 Å². The second-order valence-corrected chi connectivity index (χ2v) is 8.90. The number of aromatic nitrogens is 5. The molecule has 190 valence electrons. The van der Waals surface area contributed by atoms with E-state index in [0.29, 0.717) is 23.6 Å². The smallest absolute Gasteiger partial charge is 0.229 e. The van der Waals surface area contributed by atoms with Crippen LogP contribution in [0.4, 0.5) is 11.6 Å². The molecule has 4 rings (SSSR count). The van der Waals surface area contributed by atoms with Gasteiger partial charge in [-0.1, -0.05) is 12.1 Å². The molecule has 0 amide bonds. The average Bonchev–Trinajstić information content (AvgIpc) is 3.36. The lowest BCUT2D eigenvalue weighted by Gasteiger charge is -2.26. The number of anilines is 2. The first-order valence-corrected chi connectivity index (χ1v) is 12.4. The van der Waals surface area contributed by atoms with E-state index < -0.39 is 0 Å². The molecule has 3 heterocycles. The number of rotatable bonds is 8. The third-order valence-corrected chi connectivity index (χ3v) is 5.72. The maximum atomic E-state index is 5.50. The number of hydrogen-bond acceptors (Lipinski definition) is 7. The first kappa shape index (κ1) is 25.6. The highest BCUT2D eigenvalue weighted by molar-refractivity contribution is 7.80. The molecule has 3 N–H and O–H groups in total. The lowest BCUT2D eigenvalue weighted by Crippen LogP contribution is -2.38. The van der Waals surface area contributed by atoms with E-state index in [1.54, 1.807) is 11.0 Å². The molecule has 2 aromatic heterocycles. The molecule has 1 aliphatic heterocycles. The van der Waals surface area contributed by atoms with Crippen LogP contribution >= 0.6 is 12.2 Å². The summed E-state index contributed by atoms with van der Waals surface area (Å²) in [5, 5.41) is 14.2. The lowest BCUT2D eigenvalue weighted by atomic mass is 10.2. The number of guanidine groups is 1. The molecular formula is C24H32N10OS. The molecule has 0 spiro atoms. The van der Waals surface area contributed by atoms with Crippen molar-refractivity contribution in [1.29, 1.82) is 0 Å². The summed E-state index contributed by atoms with van der Waals surface area (Å²) in [6, 6.07) is 9.92. The molecule has 1 saturated heterocycles. The Morgan fingerprint density at radius 2 is 1.83 bits per heavy atom. The minimum absolute atomic E-state index is 0.388. The number of morpholine rings is 1. The van der Waals surface area contributed by atoms with Gasteiger partial charge in [0.15, 0.2) is 5.11 Å². The van der Waals surface area contributed by atoms with Gasteiger partial charge in [0.05, 0.1) is 19.8 Å². The van der Waals surface area contributed by atoms with E-state index in [1.807, 2.05) is 44.2 Å². The summed E-state index contributed by atoms with van der Waals surface area (Å²) in [5.74, 6) is 0.895. The van der Waals surface area contributed by atoms with Crippen molar-refractivity contribution in [3.05, 3.63) is 59.9 Å². The lowest BCUT2D eigenvalue weighted by molar-refractivity contribution is 0.0376. The number of thiocarbonyl (C=S) groups is 1. The molecule has 0 aliphatic carbocycles. The Hall–Kier alpha value is -3.48. The summed E-state index contributed by atoms with van der Waals surface area (Å²) in [4.78, 5) is 19.9. The van der Waals surface area contributed by atoms with Crippen molar-refractivity contribution in [2.75, 3.05) is 50.0 Å². The summed E-state index contributed by atoms with van der Waals surface area (Å²) in [7, 11) is 0. The van der Waals surface area contributed by atoms with Gasteiger partial charge in [0, 0.05) is 36.7 Å². The summed E-state index contributed by atoms with van der Waals surface area (Å²) < 4.78 is 7.18. The first-order valence-electron chi connectivity index (χ1n) is 12.0. The average molecular weight is 509 g/mol. The van der Waals surface area contributed by atoms with Crippen LogP contribution in [0.25, 0.3) is 0 Å². The van der Waals surface area contributed by atoms with Gasteiger partial charge in [0.2, 0.25) is 11.9 Å². The van der Waals surface area contributed by atoms with Gasteiger partial charge in [0.1, 0.15) is 12.7 Å². The van der Waals surface area contributed by atoms with E-state index in [0.717, 1.165) is 68.5 Å². The molecule has 0 unspecified atom stereocenters. The fourth-order valence-electron chi connectivity index (χ4n) is 3.77. The van der Waals surface area contributed by atoms with Crippen LogP contribution in [-0.2, 0) is 11.3 Å². The fourth-order valence-corrected chi connectivity index (χ4v) is 3.96. The Labute approximate surface area is 216 Å². The van der Waals surface area contributed by atoms with Crippen molar-refractivity contribution in [1.82, 2.24) is 34.9 Å². The van der Waals surface area contributed by atoms with Crippen molar-refractivity contribution in [2.45, 2.75) is 26.8 Å². The van der Waals surface area contributed by atoms with Crippen LogP contribution in [0.5, 0.6) is 0 Å². The number of benzene rings is 1. The SMILES string of the molecule is Cc1cc(C)nc(N/C(=N/C(=S)NCCCN2CCOCC2)Nc2ccc(Cn3cncn3)cc2)n1. The van der Waals surface area contributed by atoms with E-state index >= 15 is 0 Å². The van der Waals surface area contributed by atoms with Crippen molar-refractivity contribution in [3.63, 3.8) is 0 Å². The maximum Gasteiger partial charge on any atom is 0.229 e. The highest BCUT2D eigenvalue weighted by Gasteiger charge is 2.10. The quantitative estimate of drug-likeness (QED) is 0.181. The molecule has 1 aliphatic rings. The van der Waals surface area contributed by atoms with Crippen LogP contribution in [0, 0.1) is 13.8 Å². The molecule has 12 heteroatoms. The molecule has 0 saturated carbocycles. The second-order valence-electron chi connectivity index (χ2n) is 8.51. The first-order chi connectivity index (χ1) is 17.5. The van der Waals surface area contributed by atoms with Crippen LogP contribution in [0.3, 0.4) is 0 Å². The van der Waals surface area contributed by atoms with Crippen LogP contribution < -0.4 is 16.0 Å². The monoisotopic (exact) mass is 508 g/mol. The van der Waals surface area contributed by atoms with Gasteiger partial charge < -0.3 is 15.4 Å². The normalized spacial score (nSPS) is 14.4. The molecule has 1 fully saturated rings. The fraction of sp³-hybridized carbons (Fsp3) is 0.417. The zero-order valence-corrected chi connectivity index (χ0v) is 21.5. The van der Waals surface area contributed by atoms with Gasteiger partial charge >= 0.3 is 0 Å². The number of ether oxygens (including phenoxy) is 1. The standard InChI is InChI=1S/C24H32N10OS/c1-18-14-19(2)29-22(28-18)31-23(32-24(36)26-8-3-9-33-10-12-35-13-11-33)30-21-6-4-20(5-7-21)15-34-17-25-16-27-34/h4-7,14,16-17H,3,8-13,15H2,1-2H3,(H3,26,28,29,30,31,32,36). The summed E-state index contributed by atoms with van der Waals surface area (Å²) in [5.41, 5.74) is 3.69. The predicted molar refractivity (Wildman–Crippen MR) is 144 cm³/mol. The van der Waals surface area contributed by atoms with Crippen LogP contribution in [0.2, 0.25) is 0 Å². The summed E-state index contributed by atoms with van der Waals surface area (Å²) in [6.07, 6.45) is 4.19.